The van der Waals surface area contributed by atoms with Crippen LogP contribution in [-0.4, -0.2) is 16.0 Å². The molecule has 1 aromatic carbocycles. The minimum absolute atomic E-state index is 0.0248. The second kappa shape index (κ2) is 7.08. The Hall–Kier alpha value is -3.29. The number of rotatable bonds is 5. The van der Waals surface area contributed by atoms with Gasteiger partial charge in [-0.2, -0.15) is 0 Å². The molecule has 6 nitrogen and oxygen atoms in total. The Morgan fingerprint density at radius 3 is 2.72 bits per heavy atom. The molecule has 0 saturated heterocycles. The maximum absolute atomic E-state index is 13.6. The minimum atomic E-state index is -0.836. The summed E-state index contributed by atoms with van der Waals surface area (Å²) in [5, 5.41) is 6.37. The number of carbonyl (C=O) groups is 1. The zero-order chi connectivity index (χ0) is 17.8. The van der Waals surface area contributed by atoms with Crippen molar-refractivity contribution in [1.29, 1.82) is 0 Å². The first-order chi connectivity index (χ1) is 12.0. The summed E-state index contributed by atoms with van der Waals surface area (Å²) in [5.41, 5.74) is 0.934. The van der Waals surface area contributed by atoms with Crippen LogP contribution in [0.1, 0.15) is 21.8 Å². The molecular weight excluding hydrogens is 332 g/mol. The first-order valence-corrected chi connectivity index (χ1v) is 7.29. The maximum Gasteiger partial charge on any atom is 0.278 e. The van der Waals surface area contributed by atoms with Gasteiger partial charge in [-0.15, -0.1) is 0 Å². The highest BCUT2D eigenvalue weighted by atomic mass is 19.1. The molecule has 3 aromatic rings. The van der Waals surface area contributed by atoms with Crippen LogP contribution in [0.25, 0.3) is 0 Å². The molecule has 3 rings (SSSR count). The van der Waals surface area contributed by atoms with E-state index in [0.29, 0.717) is 23.1 Å². The van der Waals surface area contributed by atoms with Crippen LogP contribution in [0.2, 0.25) is 0 Å². The van der Waals surface area contributed by atoms with Crippen LogP contribution >= 0.6 is 0 Å². The Bertz CT molecular complexity index is 897. The van der Waals surface area contributed by atoms with Crippen molar-refractivity contribution in [2.75, 3.05) is 5.32 Å². The van der Waals surface area contributed by atoms with Crippen LogP contribution in [0.15, 0.2) is 47.2 Å². The van der Waals surface area contributed by atoms with E-state index in [1.807, 2.05) is 0 Å². The minimum Gasteiger partial charge on any atom is -0.486 e. The van der Waals surface area contributed by atoms with Gasteiger partial charge in [-0.3, -0.25) is 9.78 Å². The predicted octanol–water partition coefficient (Wildman–Crippen LogP) is 3.49. The zero-order valence-corrected chi connectivity index (χ0v) is 13.1. The van der Waals surface area contributed by atoms with Gasteiger partial charge in [-0.1, -0.05) is 5.16 Å². The number of hydrogen-bond acceptors (Lipinski definition) is 5. The van der Waals surface area contributed by atoms with Crippen molar-refractivity contribution in [3.63, 3.8) is 0 Å². The average molecular weight is 345 g/mol. The lowest BCUT2D eigenvalue weighted by molar-refractivity contribution is 0.101. The van der Waals surface area contributed by atoms with Gasteiger partial charge in [0.05, 0.1) is 5.56 Å². The number of amides is 1. The fraction of sp³-hybridized carbons (Fsp3) is 0.118. The lowest BCUT2D eigenvalue weighted by Crippen LogP contribution is -2.15. The number of nitrogens with zero attached hydrogens (tertiary/aromatic N) is 2. The third kappa shape index (κ3) is 3.79. The second-order valence-corrected chi connectivity index (χ2v) is 5.12. The molecule has 2 heterocycles. The van der Waals surface area contributed by atoms with E-state index in [-0.39, 0.29) is 18.1 Å². The summed E-state index contributed by atoms with van der Waals surface area (Å²) in [7, 11) is 0. The fourth-order valence-electron chi connectivity index (χ4n) is 2.11. The van der Waals surface area contributed by atoms with Crippen molar-refractivity contribution >= 4 is 11.6 Å². The van der Waals surface area contributed by atoms with Crippen LogP contribution in [0.5, 0.6) is 5.75 Å². The number of anilines is 1. The molecule has 0 bridgehead atoms. The standard InChI is InChI=1S/C17H13F2N3O3/c1-10-13(9-24-15-3-2-11(18)8-14(15)19)16(22-25-10)17(23)21-12-4-6-20-7-5-12/h2-8H,9H2,1H3,(H,20,21,23). The van der Waals surface area contributed by atoms with Gasteiger partial charge < -0.3 is 14.6 Å². The van der Waals surface area contributed by atoms with Gasteiger partial charge in [0.25, 0.3) is 5.91 Å². The van der Waals surface area contributed by atoms with E-state index < -0.39 is 17.5 Å². The van der Waals surface area contributed by atoms with Gasteiger partial charge in [0.1, 0.15) is 18.2 Å². The molecule has 25 heavy (non-hydrogen) atoms. The van der Waals surface area contributed by atoms with Gasteiger partial charge in [0, 0.05) is 24.1 Å². The lowest BCUT2D eigenvalue weighted by Gasteiger charge is -2.08. The van der Waals surface area contributed by atoms with Crippen molar-refractivity contribution in [2.45, 2.75) is 13.5 Å². The number of benzene rings is 1. The normalized spacial score (nSPS) is 10.5. The number of nitrogens with one attached hydrogen (secondary N) is 1. The summed E-state index contributed by atoms with van der Waals surface area (Å²) >= 11 is 0. The van der Waals surface area contributed by atoms with Crippen LogP contribution in [0.3, 0.4) is 0 Å². The van der Waals surface area contributed by atoms with Gasteiger partial charge in [0.2, 0.25) is 0 Å². The van der Waals surface area contributed by atoms with Gasteiger partial charge >= 0.3 is 0 Å². The molecule has 0 aliphatic carbocycles. The molecule has 1 N–H and O–H groups in total. The molecule has 0 radical (unpaired) electrons. The summed E-state index contributed by atoms with van der Waals surface area (Å²) < 4.78 is 36.9. The maximum atomic E-state index is 13.6. The van der Waals surface area contributed by atoms with E-state index in [2.05, 4.69) is 15.5 Å². The average Bonchev–Trinajstić information content (AvgIpc) is 2.96. The van der Waals surface area contributed by atoms with E-state index in [0.717, 1.165) is 6.07 Å². The molecule has 0 fully saturated rings. The van der Waals surface area contributed by atoms with E-state index in [1.54, 1.807) is 19.1 Å². The first kappa shape index (κ1) is 16.6. The SMILES string of the molecule is Cc1onc(C(=O)Nc2ccncc2)c1COc1ccc(F)cc1F. The topological polar surface area (TPSA) is 77.3 Å². The van der Waals surface area contributed by atoms with Crippen molar-refractivity contribution in [3.05, 3.63) is 71.4 Å². The fourth-order valence-corrected chi connectivity index (χ4v) is 2.11. The Labute approximate surface area is 141 Å². The highest BCUT2D eigenvalue weighted by molar-refractivity contribution is 6.03. The lowest BCUT2D eigenvalue weighted by atomic mass is 10.2. The highest BCUT2D eigenvalue weighted by Gasteiger charge is 2.21. The summed E-state index contributed by atoms with van der Waals surface area (Å²) in [6, 6.07) is 6.21. The molecule has 0 unspecified atom stereocenters. The molecule has 0 spiro atoms. The van der Waals surface area contributed by atoms with Gasteiger partial charge in [-0.05, 0) is 31.2 Å². The molecule has 2 aromatic heterocycles. The molecule has 128 valence electrons. The summed E-state index contributed by atoms with van der Waals surface area (Å²) in [5.74, 6) is -1.81. The molecule has 0 aliphatic rings. The molecule has 1 amide bonds. The second-order valence-electron chi connectivity index (χ2n) is 5.12. The van der Waals surface area contributed by atoms with Crippen LogP contribution in [0, 0.1) is 18.6 Å². The molecule has 0 saturated carbocycles. The number of halogens is 2. The quantitative estimate of drug-likeness (QED) is 0.766. The van der Waals surface area contributed by atoms with Crippen molar-refractivity contribution in [2.24, 2.45) is 0 Å². The van der Waals surface area contributed by atoms with Gasteiger partial charge in [0.15, 0.2) is 17.3 Å². The van der Waals surface area contributed by atoms with Gasteiger partial charge in [-0.25, -0.2) is 8.78 Å². The van der Waals surface area contributed by atoms with Crippen molar-refractivity contribution in [1.82, 2.24) is 10.1 Å². The summed E-state index contributed by atoms with van der Waals surface area (Å²) in [6.07, 6.45) is 3.07. The van der Waals surface area contributed by atoms with Crippen molar-refractivity contribution < 1.29 is 22.8 Å². The Kier molecular flexibility index (Phi) is 4.69. The Morgan fingerprint density at radius 1 is 1.24 bits per heavy atom. The number of aryl methyl sites for hydroxylation is 1. The molecule has 8 heteroatoms. The summed E-state index contributed by atoms with van der Waals surface area (Å²) in [4.78, 5) is 16.2. The Morgan fingerprint density at radius 2 is 2.00 bits per heavy atom. The third-order valence-corrected chi connectivity index (χ3v) is 3.40. The van der Waals surface area contributed by atoms with E-state index in [1.165, 1.54) is 18.5 Å². The summed E-state index contributed by atoms with van der Waals surface area (Å²) in [6.45, 7) is 1.45. The third-order valence-electron chi connectivity index (χ3n) is 3.40. The molecular formula is C17H13F2N3O3. The monoisotopic (exact) mass is 345 g/mol. The number of hydrogen-bond donors (Lipinski definition) is 1. The van der Waals surface area contributed by atoms with E-state index in [4.69, 9.17) is 9.26 Å². The largest absolute Gasteiger partial charge is 0.486 e. The number of carbonyl (C=O) groups excluding carboxylic acids is 1. The molecule has 0 aliphatic heterocycles. The smallest absolute Gasteiger partial charge is 0.278 e. The number of aromatic nitrogens is 2. The van der Waals surface area contributed by atoms with Crippen LogP contribution in [0.4, 0.5) is 14.5 Å². The van der Waals surface area contributed by atoms with Crippen LogP contribution in [-0.2, 0) is 6.61 Å². The van der Waals surface area contributed by atoms with E-state index in [9.17, 15) is 13.6 Å². The highest BCUT2D eigenvalue weighted by Crippen LogP contribution is 2.22. The van der Waals surface area contributed by atoms with E-state index >= 15 is 0 Å². The van der Waals surface area contributed by atoms with Crippen LogP contribution < -0.4 is 10.1 Å². The zero-order valence-electron chi connectivity index (χ0n) is 13.1. The predicted molar refractivity (Wildman–Crippen MR) is 84.1 cm³/mol. The molecule has 0 atom stereocenters. The first-order valence-electron chi connectivity index (χ1n) is 7.29. The number of pyridine rings is 1. The Balaban J connectivity index is 1.76. The number of ether oxygens (including phenoxy) is 1. The van der Waals surface area contributed by atoms with Crippen molar-refractivity contribution in [3.8, 4) is 5.75 Å².